The molecule has 162 valence electrons. The number of nitrogens with one attached hydrogen (secondary N) is 1. The second-order valence-electron chi connectivity index (χ2n) is 7.01. The molecule has 1 N–H and O–H groups in total. The molecule has 0 saturated heterocycles. The molecule has 0 spiro atoms. The van der Waals surface area contributed by atoms with Crippen LogP contribution in [0, 0.1) is 0 Å². The molecule has 8 nitrogen and oxygen atoms in total. The van der Waals surface area contributed by atoms with Crippen LogP contribution in [-0.2, 0) is 27.3 Å². The maximum absolute atomic E-state index is 12.5. The van der Waals surface area contributed by atoms with Crippen LogP contribution in [0.15, 0.2) is 34.9 Å². The van der Waals surface area contributed by atoms with E-state index in [1.54, 1.807) is 39.5 Å². The number of rotatable bonds is 9. The third-order valence-corrected chi connectivity index (χ3v) is 5.17. The molecular weight excluding hydrogens is 388 g/mol. The zero-order chi connectivity index (χ0) is 21.5. The summed E-state index contributed by atoms with van der Waals surface area (Å²) >= 11 is 0. The van der Waals surface area contributed by atoms with Gasteiger partial charge in [-0.3, -0.25) is 14.5 Å². The Hall–Kier alpha value is -3.00. The second kappa shape index (κ2) is 10.2. The number of benzene rings is 1. The monoisotopic (exact) mass is 416 g/mol. The van der Waals surface area contributed by atoms with E-state index in [0.717, 1.165) is 17.5 Å². The summed E-state index contributed by atoms with van der Waals surface area (Å²) in [5.41, 5.74) is 2.03. The van der Waals surface area contributed by atoms with Gasteiger partial charge in [0.05, 0.1) is 46.6 Å². The van der Waals surface area contributed by atoms with E-state index in [0.29, 0.717) is 37.0 Å². The number of carbonyl (C=O) groups excluding carboxylic acids is 2. The van der Waals surface area contributed by atoms with E-state index in [9.17, 15) is 9.59 Å². The highest BCUT2D eigenvalue weighted by atomic mass is 16.5. The van der Waals surface area contributed by atoms with Crippen molar-refractivity contribution in [2.45, 2.75) is 32.4 Å². The third kappa shape index (κ3) is 5.13. The van der Waals surface area contributed by atoms with E-state index in [1.165, 1.54) is 0 Å². The molecule has 0 saturated carbocycles. The lowest BCUT2D eigenvalue weighted by molar-refractivity contribution is -0.145. The molecule has 2 aromatic rings. The summed E-state index contributed by atoms with van der Waals surface area (Å²) in [6.45, 7) is 3.22. The number of nitrogens with zero attached hydrogens (tertiary/aromatic N) is 1. The predicted molar refractivity (Wildman–Crippen MR) is 109 cm³/mol. The minimum atomic E-state index is -0.300. The van der Waals surface area contributed by atoms with Crippen LogP contribution in [0.1, 0.15) is 36.3 Å². The van der Waals surface area contributed by atoms with Crippen molar-refractivity contribution in [2.75, 3.05) is 33.9 Å². The summed E-state index contributed by atoms with van der Waals surface area (Å²) in [6, 6.07) is 7.13. The number of ether oxygens (including phenoxy) is 3. The predicted octanol–water partition coefficient (Wildman–Crippen LogP) is 2.47. The van der Waals surface area contributed by atoms with E-state index in [1.807, 2.05) is 17.0 Å². The zero-order valence-corrected chi connectivity index (χ0v) is 17.6. The van der Waals surface area contributed by atoms with E-state index in [2.05, 4.69) is 5.32 Å². The molecule has 1 aliphatic rings. The molecule has 1 aliphatic heterocycles. The fraction of sp³-hybridized carbons (Fsp3) is 0.455. The Morgan fingerprint density at radius 3 is 2.67 bits per heavy atom. The van der Waals surface area contributed by atoms with E-state index in [4.69, 9.17) is 18.6 Å². The molecule has 8 heteroatoms. The van der Waals surface area contributed by atoms with Crippen molar-refractivity contribution in [1.29, 1.82) is 0 Å². The summed E-state index contributed by atoms with van der Waals surface area (Å²) in [5.74, 6) is 1.49. The number of methoxy groups -OCH3 is 2. The van der Waals surface area contributed by atoms with Gasteiger partial charge in [-0.2, -0.15) is 0 Å². The Balaban J connectivity index is 1.79. The van der Waals surface area contributed by atoms with Gasteiger partial charge in [-0.15, -0.1) is 0 Å². The number of fused-ring (bicyclic) bond motifs is 1. The van der Waals surface area contributed by atoms with Gasteiger partial charge < -0.3 is 23.9 Å². The maximum Gasteiger partial charge on any atom is 0.307 e. The molecule has 0 aliphatic carbocycles. The van der Waals surface area contributed by atoms with E-state index in [-0.39, 0.29) is 30.9 Å². The summed E-state index contributed by atoms with van der Waals surface area (Å²) < 4.78 is 21.3. The first-order chi connectivity index (χ1) is 14.5. The average molecular weight is 416 g/mol. The first kappa shape index (κ1) is 21.7. The second-order valence-corrected chi connectivity index (χ2v) is 7.01. The lowest BCUT2D eigenvalue weighted by atomic mass is 9.90. The molecule has 1 aromatic heterocycles. The number of carbonyl (C=O) groups is 2. The van der Waals surface area contributed by atoms with E-state index < -0.39 is 0 Å². The van der Waals surface area contributed by atoms with Crippen molar-refractivity contribution in [3.63, 3.8) is 0 Å². The summed E-state index contributed by atoms with van der Waals surface area (Å²) in [4.78, 5) is 26.8. The number of esters is 1. The molecule has 0 bridgehead atoms. The topological polar surface area (TPSA) is 90.2 Å². The summed E-state index contributed by atoms with van der Waals surface area (Å²) in [6.07, 6.45) is 2.46. The van der Waals surface area contributed by atoms with Gasteiger partial charge in [-0.05, 0) is 48.7 Å². The first-order valence-corrected chi connectivity index (χ1v) is 9.99. The van der Waals surface area contributed by atoms with Gasteiger partial charge >= 0.3 is 5.97 Å². The minimum Gasteiger partial charge on any atom is -0.493 e. The molecule has 0 unspecified atom stereocenters. The molecule has 1 aromatic carbocycles. The lowest BCUT2D eigenvalue weighted by Crippen LogP contribution is -2.43. The van der Waals surface area contributed by atoms with Crippen molar-refractivity contribution in [3.8, 4) is 11.5 Å². The van der Waals surface area contributed by atoms with Gasteiger partial charge in [0.2, 0.25) is 5.91 Å². The van der Waals surface area contributed by atoms with Gasteiger partial charge in [0, 0.05) is 12.6 Å². The smallest absolute Gasteiger partial charge is 0.307 e. The summed E-state index contributed by atoms with van der Waals surface area (Å²) in [7, 11) is 3.17. The normalized spacial score (nSPS) is 15.9. The molecule has 1 amide bonds. The molecule has 2 heterocycles. The Morgan fingerprint density at radius 2 is 2.00 bits per heavy atom. The average Bonchev–Trinajstić information content (AvgIpc) is 3.27. The van der Waals surface area contributed by atoms with Crippen LogP contribution >= 0.6 is 0 Å². The van der Waals surface area contributed by atoms with Gasteiger partial charge in [0.15, 0.2) is 11.5 Å². The molecule has 0 fully saturated rings. The highest BCUT2D eigenvalue weighted by molar-refractivity contribution is 5.78. The van der Waals surface area contributed by atoms with Crippen LogP contribution < -0.4 is 14.8 Å². The third-order valence-electron chi connectivity index (χ3n) is 5.17. The van der Waals surface area contributed by atoms with E-state index >= 15 is 0 Å². The summed E-state index contributed by atoms with van der Waals surface area (Å²) in [5, 5.41) is 2.86. The van der Waals surface area contributed by atoms with Crippen molar-refractivity contribution in [1.82, 2.24) is 10.2 Å². The van der Waals surface area contributed by atoms with Crippen LogP contribution in [0.3, 0.4) is 0 Å². The fourth-order valence-electron chi connectivity index (χ4n) is 3.73. The Kier molecular flexibility index (Phi) is 7.35. The highest BCUT2D eigenvalue weighted by Gasteiger charge is 2.32. The Morgan fingerprint density at radius 1 is 1.23 bits per heavy atom. The quantitative estimate of drug-likeness (QED) is 0.628. The van der Waals surface area contributed by atoms with Crippen LogP contribution in [0.2, 0.25) is 0 Å². The number of amides is 1. The standard InChI is InChI=1S/C22H28N2O6/c1-4-29-22(26)12-18-17-11-20(28-3)19(27-2)10-15(17)7-8-24(18)14-21(25)23-13-16-6-5-9-30-16/h5-6,9-11,18H,4,7-8,12-14H2,1-3H3,(H,23,25)/t18-/m1/s1. The van der Waals surface area contributed by atoms with Gasteiger partial charge in [0.1, 0.15) is 5.76 Å². The lowest BCUT2D eigenvalue weighted by Gasteiger charge is -2.36. The van der Waals surface area contributed by atoms with Gasteiger partial charge in [-0.25, -0.2) is 0 Å². The van der Waals surface area contributed by atoms with Crippen LogP contribution in [0.4, 0.5) is 0 Å². The molecule has 3 rings (SSSR count). The van der Waals surface area contributed by atoms with Crippen LogP contribution in [0.5, 0.6) is 11.5 Å². The SMILES string of the molecule is CCOC(=O)C[C@@H]1c2cc(OC)c(OC)cc2CCN1CC(=O)NCc1ccco1. The Bertz CT molecular complexity index is 865. The van der Waals surface area contributed by atoms with Gasteiger partial charge in [0.25, 0.3) is 0 Å². The van der Waals surface area contributed by atoms with Crippen molar-refractivity contribution in [2.24, 2.45) is 0 Å². The Labute approximate surface area is 176 Å². The largest absolute Gasteiger partial charge is 0.493 e. The first-order valence-electron chi connectivity index (χ1n) is 9.99. The molecule has 0 radical (unpaired) electrons. The van der Waals surface area contributed by atoms with Crippen molar-refractivity contribution in [3.05, 3.63) is 47.4 Å². The minimum absolute atomic E-state index is 0.135. The highest BCUT2D eigenvalue weighted by Crippen LogP contribution is 2.39. The van der Waals surface area contributed by atoms with Crippen LogP contribution in [0.25, 0.3) is 0 Å². The van der Waals surface area contributed by atoms with Crippen molar-refractivity contribution < 1.29 is 28.2 Å². The number of hydrogen-bond donors (Lipinski definition) is 1. The number of furan rings is 1. The van der Waals surface area contributed by atoms with Crippen LogP contribution in [-0.4, -0.2) is 50.7 Å². The number of hydrogen-bond acceptors (Lipinski definition) is 7. The molecular formula is C22H28N2O6. The molecule has 1 atom stereocenters. The fourth-order valence-corrected chi connectivity index (χ4v) is 3.73. The maximum atomic E-state index is 12.5. The van der Waals surface area contributed by atoms with Crippen molar-refractivity contribution >= 4 is 11.9 Å². The zero-order valence-electron chi connectivity index (χ0n) is 17.6. The molecule has 30 heavy (non-hydrogen) atoms. The van der Waals surface area contributed by atoms with Gasteiger partial charge in [-0.1, -0.05) is 0 Å².